The molecule has 45 heavy (non-hydrogen) atoms. The van der Waals surface area contributed by atoms with Crippen LogP contribution in [0.2, 0.25) is 0 Å². The molecule has 0 heterocycles. The van der Waals surface area contributed by atoms with Crippen molar-refractivity contribution in [1.29, 1.82) is 0 Å². The summed E-state index contributed by atoms with van der Waals surface area (Å²) >= 11 is 0. The number of nitrogens with one attached hydrogen (secondary N) is 1. The lowest BCUT2D eigenvalue weighted by Gasteiger charge is -2.32. The van der Waals surface area contributed by atoms with E-state index in [1.54, 1.807) is 42.3 Å². The third-order valence-electron chi connectivity index (χ3n) is 8.07. The van der Waals surface area contributed by atoms with Crippen molar-refractivity contribution in [3.8, 4) is 11.5 Å². The maximum absolute atomic E-state index is 13.3. The second-order valence-electron chi connectivity index (χ2n) is 10.9. The Morgan fingerprint density at radius 3 is 2.22 bits per heavy atom. The normalized spacial score (nSPS) is 13.2. The third-order valence-corrected chi connectivity index (χ3v) is 8.07. The van der Waals surface area contributed by atoms with E-state index in [0.717, 1.165) is 30.5 Å². The van der Waals surface area contributed by atoms with Crippen LogP contribution in [0.5, 0.6) is 11.5 Å². The van der Waals surface area contributed by atoms with E-state index in [9.17, 15) is 14.4 Å². The summed E-state index contributed by atoms with van der Waals surface area (Å²) in [4.78, 5) is 41.1. The molecular formula is C37H38N2O6. The van der Waals surface area contributed by atoms with Gasteiger partial charge in [-0.2, -0.15) is 0 Å². The number of rotatable bonds is 14. The van der Waals surface area contributed by atoms with Crippen molar-refractivity contribution in [2.24, 2.45) is 5.92 Å². The maximum Gasteiger partial charge on any atom is 0.328 e. The number of ether oxygens (including phenoxy) is 3. The van der Waals surface area contributed by atoms with E-state index in [0.29, 0.717) is 47.9 Å². The van der Waals surface area contributed by atoms with E-state index in [1.807, 2.05) is 72.8 Å². The van der Waals surface area contributed by atoms with Crippen LogP contribution in [0.3, 0.4) is 0 Å². The van der Waals surface area contributed by atoms with E-state index in [1.165, 1.54) is 7.11 Å². The van der Waals surface area contributed by atoms with E-state index >= 15 is 0 Å². The molecule has 232 valence electrons. The number of nitrogens with zero attached hydrogens (tertiary/aromatic N) is 1. The fourth-order valence-electron chi connectivity index (χ4n) is 5.37. The van der Waals surface area contributed by atoms with Gasteiger partial charge in [0.1, 0.15) is 24.1 Å². The van der Waals surface area contributed by atoms with Gasteiger partial charge in [-0.15, -0.1) is 0 Å². The molecule has 0 spiro atoms. The molecule has 1 aliphatic carbocycles. The number of hydrogen-bond donors (Lipinski definition) is 1. The van der Waals surface area contributed by atoms with Gasteiger partial charge in [0.25, 0.3) is 0 Å². The van der Waals surface area contributed by atoms with Gasteiger partial charge < -0.3 is 24.4 Å². The highest BCUT2D eigenvalue weighted by molar-refractivity contribution is 6.12. The monoisotopic (exact) mass is 606 g/mol. The second kappa shape index (κ2) is 15.1. The number of para-hydroxylation sites is 3. The predicted octanol–water partition coefficient (Wildman–Crippen LogP) is 6.33. The Balaban J connectivity index is 1.24. The van der Waals surface area contributed by atoms with Crippen LogP contribution in [-0.4, -0.2) is 51.1 Å². The number of methoxy groups -OCH3 is 2. The van der Waals surface area contributed by atoms with Gasteiger partial charge in [-0.25, -0.2) is 4.79 Å². The van der Waals surface area contributed by atoms with Gasteiger partial charge in [0.15, 0.2) is 5.78 Å². The molecule has 0 radical (unpaired) electrons. The summed E-state index contributed by atoms with van der Waals surface area (Å²) in [5.41, 5.74) is 3.21. The summed E-state index contributed by atoms with van der Waals surface area (Å²) in [6.07, 6.45) is 3.22. The minimum absolute atomic E-state index is 0.0361. The summed E-state index contributed by atoms with van der Waals surface area (Å²) in [6.45, 7) is 0.682. The quantitative estimate of drug-likeness (QED) is 0.132. The van der Waals surface area contributed by atoms with Crippen LogP contribution in [0, 0.1) is 5.92 Å². The fourth-order valence-corrected chi connectivity index (χ4v) is 5.37. The van der Waals surface area contributed by atoms with Gasteiger partial charge in [-0.3, -0.25) is 9.59 Å². The summed E-state index contributed by atoms with van der Waals surface area (Å²) in [7, 11) is 2.95. The number of benzene rings is 4. The zero-order chi connectivity index (χ0) is 31.6. The first-order chi connectivity index (χ1) is 22.0. The molecule has 0 unspecified atom stereocenters. The third kappa shape index (κ3) is 7.70. The highest BCUT2D eigenvalue weighted by Gasteiger charge is 2.31. The Morgan fingerprint density at radius 1 is 0.844 bits per heavy atom. The lowest BCUT2D eigenvalue weighted by atomic mass is 9.84. The molecule has 1 N–H and O–H groups in total. The second-order valence-corrected chi connectivity index (χ2v) is 10.9. The molecule has 4 aromatic carbocycles. The molecule has 1 atom stereocenters. The Kier molecular flexibility index (Phi) is 10.5. The zero-order valence-corrected chi connectivity index (χ0v) is 25.6. The predicted molar refractivity (Wildman–Crippen MR) is 174 cm³/mol. The average Bonchev–Trinajstić information content (AvgIpc) is 3.06. The Bertz CT molecular complexity index is 1600. The van der Waals surface area contributed by atoms with E-state index < -0.39 is 12.0 Å². The first kappa shape index (κ1) is 31.3. The summed E-state index contributed by atoms with van der Waals surface area (Å²) < 4.78 is 16.7. The van der Waals surface area contributed by atoms with Crippen LogP contribution >= 0.6 is 0 Å². The standard InChI is InChI=1S/C37H38N2O6/c1-43-34-18-9-8-17-33(34)39(36(41)28-13-10-14-28)23-24-45-29-21-19-26(20-22-29)25-32(37(42)44-2)38-31-16-7-6-15-30(31)35(40)27-11-4-3-5-12-27/h3-9,11-12,15-22,28,32,38H,10,13-14,23-25H2,1-2H3/t32-/m0/s1. The van der Waals surface area contributed by atoms with Crippen LogP contribution in [0.1, 0.15) is 40.7 Å². The lowest BCUT2D eigenvalue weighted by molar-refractivity contribution is -0.141. The molecule has 0 saturated heterocycles. The van der Waals surface area contributed by atoms with Gasteiger partial charge >= 0.3 is 5.97 Å². The van der Waals surface area contributed by atoms with Crippen molar-refractivity contribution in [1.82, 2.24) is 0 Å². The minimum atomic E-state index is -0.724. The van der Waals surface area contributed by atoms with Gasteiger partial charge in [0.2, 0.25) is 5.91 Å². The van der Waals surface area contributed by atoms with Crippen molar-refractivity contribution >= 4 is 29.0 Å². The topological polar surface area (TPSA) is 94.2 Å². The fraction of sp³-hybridized carbons (Fsp3) is 0.270. The molecule has 5 rings (SSSR count). The van der Waals surface area contributed by atoms with Gasteiger partial charge in [-0.05, 0) is 54.8 Å². The van der Waals surface area contributed by atoms with Crippen molar-refractivity contribution in [2.75, 3.05) is 37.6 Å². The molecular weight excluding hydrogens is 568 g/mol. The SMILES string of the molecule is COC(=O)[C@H](Cc1ccc(OCCN(C(=O)C2CCC2)c2ccccc2OC)cc1)Nc1ccccc1C(=O)c1ccccc1. The number of carbonyl (C=O) groups excluding carboxylic acids is 3. The zero-order valence-electron chi connectivity index (χ0n) is 25.6. The van der Waals surface area contributed by atoms with Gasteiger partial charge in [0, 0.05) is 29.2 Å². The molecule has 1 aliphatic rings. The number of carbonyl (C=O) groups is 3. The number of anilines is 2. The first-order valence-electron chi connectivity index (χ1n) is 15.2. The first-order valence-corrected chi connectivity index (χ1v) is 15.2. The molecule has 8 heteroatoms. The molecule has 1 saturated carbocycles. The van der Waals surface area contributed by atoms with Crippen molar-refractivity contribution in [3.05, 3.63) is 120 Å². The van der Waals surface area contributed by atoms with Crippen molar-refractivity contribution in [3.63, 3.8) is 0 Å². The number of hydrogen-bond acceptors (Lipinski definition) is 7. The Hall–Kier alpha value is -5.11. The Morgan fingerprint density at radius 2 is 1.53 bits per heavy atom. The highest BCUT2D eigenvalue weighted by Crippen LogP contribution is 2.34. The van der Waals surface area contributed by atoms with Crippen LogP contribution in [0.4, 0.5) is 11.4 Å². The van der Waals surface area contributed by atoms with Gasteiger partial charge in [-0.1, -0.05) is 73.2 Å². The Labute approximate surface area is 263 Å². The molecule has 1 amide bonds. The molecule has 0 aliphatic heterocycles. The van der Waals surface area contributed by atoms with Crippen LogP contribution in [0.15, 0.2) is 103 Å². The van der Waals surface area contributed by atoms with Crippen LogP contribution in [0.25, 0.3) is 0 Å². The molecule has 1 fully saturated rings. The number of amides is 1. The largest absolute Gasteiger partial charge is 0.495 e. The summed E-state index contributed by atoms with van der Waals surface area (Å²) in [6, 6.07) is 30.5. The number of ketones is 1. The average molecular weight is 607 g/mol. The lowest BCUT2D eigenvalue weighted by Crippen LogP contribution is -2.41. The van der Waals surface area contributed by atoms with Crippen LogP contribution in [-0.2, 0) is 20.7 Å². The van der Waals surface area contributed by atoms with E-state index in [-0.39, 0.29) is 17.6 Å². The molecule has 4 aromatic rings. The molecule has 0 aromatic heterocycles. The van der Waals surface area contributed by atoms with E-state index in [4.69, 9.17) is 14.2 Å². The molecule has 0 bridgehead atoms. The van der Waals surface area contributed by atoms with Crippen molar-refractivity contribution in [2.45, 2.75) is 31.7 Å². The molecule has 8 nitrogen and oxygen atoms in total. The summed E-state index contributed by atoms with van der Waals surface area (Å²) in [5, 5.41) is 3.24. The van der Waals surface area contributed by atoms with Crippen molar-refractivity contribution < 1.29 is 28.6 Å². The summed E-state index contributed by atoms with van der Waals surface area (Å²) in [5.74, 6) is 0.853. The maximum atomic E-state index is 13.3. The highest BCUT2D eigenvalue weighted by atomic mass is 16.5. The van der Waals surface area contributed by atoms with E-state index in [2.05, 4.69) is 5.32 Å². The van der Waals surface area contributed by atoms with Crippen LogP contribution < -0.4 is 19.7 Å². The minimum Gasteiger partial charge on any atom is -0.495 e. The van der Waals surface area contributed by atoms with Gasteiger partial charge in [0.05, 0.1) is 26.5 Å². The number of esters is 1. The smallest absolute Gasteiger partial charge is 0.328 e.